The first-order chi connectivity index (χ1) is 8.24. The van der Waals surface area contributed by atoms with Gasteiger partial charge >= 0.3 is 0 Å². The van der Waals surface area contributed by atoms with Gasteiger partial charge in [-0.1, -0.05) is 15.9 Å². The summed E-state index contributed by atoms with van der Waals surface area (Å²) in [5.74, 6) is 1.12. The molecule has 2 heterocycles. The van der Waals surface area contributed by atoms with E-state index in [4.69, 9.17) is 4.74 Å². The lowest BCUT2D eigenvalue weighted by molar-refractivity contribution is 0.171. The van der Waals surface area contributed by atoms with Crippen LogP contribution < -0.4 is 10.1 Å². The molecule has 1 aromatic rings. The molecule has 3 nitrogen and oxygen atoms in total. The maximum absolute atomic E-state index is 5.75. The second kappa shape index (κ2) is 5.78. The van der Waals surface area contributed by atoms with Crippen LogP contribution >= 0.6 is 28.3 Å². The minimum atomic E-state index is 0. The van der Waals surface area contributed by atoms with E-state index in [1.165, 1.54) is 11.1 Å². The van der Waals surface area contributed by atoms with Crippen LogP contribution in [0.15, 0.2) is 16.6 Å². The number of hydrogen-bond acceptors (Lipinski definition) is 3. The van der Waals surface area contributed by atoms with Gasteiger partial charge in [0.1, 0.15) is 5.75 Å². The quantitative estimate of drug-likeness (QED) is 0.918. The molecule has 1 fully saturated rings. The third kappa shape index (κ3) is 2.67. The average Bonchev–Trinajstić information content (AvgIpc) is 2.62. The summed E-state index contributed by atoms with van der Waals surface area (Å²) in [6.07, 6.45) is 1.04. The van der Waals surface area contributed by atoms with Gasteiger partial charge in [-0.2, -0.15) is 0 Å². The van der Waals surface area contributed by atoms with Crippen molar-refractivity contribution >= 4 is 28.3 Å². The van der Waals surface area contributed by atoms with Gasteiger partial charge in [-0.3, -0.25) is 4.90 Å². The normalized spacial score (nSPS) is 17.9. The first-order valence-corrected chi connectivity index (χ1v) is 6.88. The number of nitrogens with zero attached hydrogens (tertiary/aromatic N) is 1. The number of ether oxygens (including phenoxy) is 1. The van der Waals surface area contributed by atoms with E-state index in [-0.39, 0.29) is 12.4 Å². The lowest BCUT2D eigenvalue weighted by Gasteiger charge is -2.35. The molecule has 0 saturated carbocycles. The van der Waals surface area contributed by atoms with E-state index in [9.17, 15) is 0 Å². The molecule has 5 heteroatoms. The summed E-state index contributed by atoms with van der Waals surface area (Å²) in [5, 5.41) is 3.31. The second-order valence-electron chi connectivity index (χ2n) is 4.88. The number of hydrogen-bond donors (Lipinski definition) is 1. The summed E-state index contributed by atoms with van der Waals surface area (Å²) in [5.41, 5.74) is 2.65. The van der Waals surface area contributed by atoms with E-state index < -0.39 is 0 Å². The lowest BCUT2D eigenvalue weighted by Crippen LogP contribution is -2.55. The van der Waals surface area contributed by atoms with E-state index in [1.807, 2.05) is 0 Å². The summed E-state index contributed by atoms with van der Waals surface area (Å²) in [6.45, 7) is 4.00. The Morgan fingerprint density at radius 3 is 2.89 bits per heavy atom. The van der Waals surface area contributed by atoms with Gasteiger partial charge in [-0.15, -0.1) is 12.4 Å². The molecule has 1 N–H and O–H groups in total. The van der Waals surface area contributed by atoms with Gasteiger partial charge in [0.05, 0.1) is 6.61 Å². The van der Waals surface area contributed by atoms with Crippen molar-refractivity contribution in [2.24, 2.45) is 0 Å². The summed E-state index contributed by atoms with van der Waals surface area (Å²) >= 11 is 3.59. The van der Waals surface area contributed by atoms with E-state index in [1.54, 1.807) is 0 Å². The van der Waals surface area contributed by atoms with Crippen LogP contribution in [0.25, 0.3) is 0 Å². The zero-order valence-corrected chi connectivity index (χ0v) is 12.8. The number of benzene rings is 1. The molecule has 0 aromatic heterocycles. The molecule has 3 rings (SSSR count). The summed E-state index contributed by atoms with van der Waals surface area (Å²) < 4.78 is 6.92. The fourth-order valence-electron chi connectivity index (χ4n) is 2.45. The summed E-state index contributed by atoms with van der Waals surface area (Å²) in [6, 6.07) is 5.04. The van der Waals surface area contributed by atoms with Crippen molar-refractivity contribution in [1.29, 1.82) is 0 Å². The number of nitrogens with one attached hydrogen (secondary N) is 1. The average molecular weight is 334 g/mol. The Morgan fingerprint density at radius 1 is 1.44 bits per heavy atom. The Balaban J connectivity index is 0.00000120. The zero-order valence-electron chi connectivity index (χ0n) is 10.4. The Bertz CT molecular complexity index is 437. The fourth-order valence-corrected chi connectivity index (χ4v) is 3.00. The monoisotopic (exact) mass is 332 g/mol. The molecule has 1 aromatic carbocycles. The fraction of sp³-hybridized carbons (Fsp3) is 0.538. The number of likely N-dealkylation sites (N-methyl/N-ethyl adjacent to an activating group) is 1. The molecule has 0 aliphatic carbocycles. The molecule has 0 bridgehead atoms. The van der Waals surface area contributed by atoms with E-state index >= 15 is 0 Å². The lowest BCUT2D eigenvalue weighted by atomic mass is 10.1. The van der Waals surface area contributed by atoms with Gasteiger partial charge in [-0.05, 0) is 24.7 Å². The van der Waals surface area contributed by atoms with Crippen molar-refractivity contribution in [2.45, 2.75) is 19.0 Å². The molecule has 1 saturated heterocycles. The van der Waals surface area contributed by atoms with E-state index in [2.05, 4.69) is 45.3 Å². The predicted molar refractivity (Wildman–Crippen MR) is 78.7 cm³/mol. The molecule has 100 valence electrons. The number of fused-ring (bicyclic) bond motifs is 1. The standard InChI is InChI=1S/C13H17BrN2O.ClH/c1-16(12-6-15-7-12)8-10-5-11(14)4-9-2-3-17-13(9)10;/h4-5,12,15H,2-3,6-8H2,1H3;1H. The van der Waals surface area contributed by atoms with E-state index in [0.717, 1.165) is 42.9 Å². The zero-order chi connectivity index (χ0) is 11.8. The molecular weight excluding hydrogens is 316 g/mol. The number of halogens is 2. The molecule has 0 unspecified atom stereocenters. The molecule has 18 heavy (non-hydrogen) atoms. The topological polar surface area (TPSA) is 24.5 Å². The van der Waals surface area contributed by atoms with Gasteiger partial charge in [-0.25, -0.2) is 0 Å². The predicted octanol–water partition coefficient (Wildman–Crippen LogP) is 2.21. The van der Waals surface area contributed by atoms with Gasteiger partial charge < -0.3 is 10.1 Å². The smallest absolute Gasteiger partial charge is 0.127 e. The molecular formula is C13H18BrClN2O. The first-order valence-electron chi connectivity index (χ1n) is 6.09. The second-order valence-corrected chi connectivity index (χ2v) is 5.79. The Kier molecular flexibility index (Phi) is 4.54. The molecule has 0 spiro atoms. The molecule has 0 atom stereocenters. The molecule has 2 aliphatic rings. The molecule has 2 aliphatic heterocycles. The van der Waals surface area contributed by atoms with Crippen LogP contribution in [-0.4, -0.2) is 37.7 Å². The third-order valence-corrected chi connectivity index (χ3v) is 4.09. The highest BCUT2D eigenvalue weighted by Crippen LogP contribution is 2.33. The maximum Gasteiger partial charge on any atom is 0.127 e. The van der Waals surface area contributed by atoms with Crippen LogP contribution in [0.2, 0.25) is 0 Å². The highest BCUT2D eigenvalue weighted by atomic mass is 79.9. The highest BCUT2D eigenvalue weighted by Gasteiger charge is 2.24. The van der Waals surface area contributed by atoms with Gasteiger partial charge in [0.2, 0.25) is 0 Å². The largest absolute Gasteiger partial charge is 0.493 e. The van der Waals surface area contributed by atoms with Gasteiger partial charge in [0.25, 0.3) is 0 Å². The minimum absolute atomic E-state index is 0. The Morgan fingerprint density at radius 2 is 2.22 bits per heavy atom. The van der Waals surface area contributed by atoms with Crippen molar-refractivity contribution in [3.05, 3.63) is 27.7 Å². The van der Waals surface area contributed by atoms with Crippen molar-refractivity contribution in [3.63, 3.8) is 0 Å². The molecule has 0 amide bonds. The van der Waals surface area contributed by atoms with E-state index in [0.29, 0.717) is 6.04 Å². The Hall–Kier alpha value is -0.290. The van der Waals surface area contributed by atoms with Crippen LogP contribution in [0.4, 0.5) is 0 Å². The van der Waals surface area contributed by atoms with Crippen LogP contribution in [0.1, 0.15) is 11.1 Å². The van der Waals surface area contributed by atoms with Gasteiger partial charge in [0.15, 0.2) is 0 Å². The van der Waals surface area contributed by atoms with Crippen molar-refractivity contribution in [1.82, 2.24) is 10.2 Å². The maximum atomic E-state index is 5.75. The third-order valence-electron chi connectivity index (χ3n) is 3.63. The van der Waals surface area contributed by atoms with Crippen molar-refractivity contribution in [3.8, 4) is 5.75 Å². The van der Waals surface area contributed by atoms with Crippen LogP contribution in [0, 0.1) is 0 Å². The van der Waals surface area contributed by atoms with Crippen LogP contribution in [0.5, 0.6) is 5.75 Å². The number of rotatable bonds is 3. The minimum Gasteiger partial charge on any atom is -0.493 e. The van der Waals surface area contributed by atoms with Crippen molar-refractivity contribution < 1.29 is 4.74 Å². The SMILES string of the molecule is CN(Cc1cc(Br)cc2c1OCC2)C1CNC1.Cl. The highest BCUT2D eigenvalue weighted by molar-refractivity contribution is 9.10. The van der Waals surface area contributed by atoms with Crippen molar-refractivity contribution in [2.75, 3.05) is 26.7 Å². The summed E-state index contributed by atoms with van der Waals surface area (Å²) in [7, 11) is 2.19. The van der Waals surface area contributed by atoms with Crippen LogP contribution in [0.3, 0.4) is 0 Å². The summed E-state index contributed by atoms with van der Waals surface area (Å²) in [4.78, 5) is 2.40. The Labute approximate surface area is 122 Å². The molecule has 0 radical (unpaired) electrons. The van der Waals surface area contributed by atoms with Crippen LogP contribution in [-0.2, 0) is 13.0 Å². The van der Waals surface area contributed by atoms with Gasteiger partial charge in [0, 0.05) is 42.1 Å². The first kappa shape index (κ1) is 14.1.